The van der Waals surface area contributed by atoms with Gasteiger partial charge in [-0.3, -0.25) is 4.57 Å². The van der Waals surface area contributed by atoms with Crippen LogP contribution in [0.1, 0.15) is 5.69 Å². The van der Waals surface area contributed by atoms with Crippen molar-refractivity contribution < 1.29 is 4.79 Å². The van der Waals surface area contributed by atoms with Crippen molar-refractivity contribution in [2.75, 3.05) is 0 Å². The molecular weight excluding hydrogens is 198 g/mol. The van der Waals surface area contributed by atoms with Crippen LogP contribution in [-0.2, 0) is 11.2 Å². The first kappa shape index (κ1) is 9.46. The fourth-order valence-corrected chi connectivity index (χ4v) is 1.13. The molecule has 0 bridgehead atoms. The molecule has 0 radical (unpaired) electrons. The van der Waals surface area contributed by atoms with Gasteiger partial charge in [-0.1, -0.05) is 5.10 Å². The second kappa shape index (κ2) is 3.96. The lowest BCUT2D eigenvalue weighted by Gasteiger charge is -1.98. The number of aldehydes is 1. The Kier molecular flexibility index (Phi) is 2.50. The zero-order valence-corrected chi connectivity index (χ0v) is 7.74. The van der Waals surface area contributed by atoms with Gasteiger partial charge in [-0.2, -0.15) is 5.21 Å². The molecule has 2 aromatic heterocycles. The Balaban J connectivity index is 2.14. The number of carbonyl (C=O) groups excluding carboxylic acids is 1. The van der Waals surface area contributed by atoms with Gasteiger partial charge in [0.1, 0.15) is 12.6 Å². The zero-order chi connectivity index (χ0) is 10.7. The van der Waals surface area contributed by atoms with Crippen molar-refractivity contribution in [2.45, 2.75) is 12.5 Å². The largest absolute Gasteiger partial charge is 0.321 e. The van der Waals surface area contributed by atoms with E-state index in [0.29, 0.717) is 24.3 Å². The minimum Gasteiger partial charge on any atom is -0.321 e. The summed E-state index contributed by atoms with van der Waals surface area (Å²) in [6, 6.07) is -0.529. The van der Waals surface area contributed by atoms with E-state index in [1.54, 1.807) is 10.8 Å². The number of hydrogen-bond donors (Lipinski definition) is 2. The maximum Gasteiger partial charge on any atom is 0.275 e. The van der Waals surface area contributed by atoms with Gasteiger partial charge in [0.2, 0.25) is 0 Å². The number of carbonyl (C=O) groups is 1. The summed E-state index contributed by atoms with van der Waals surface area (Å²) in [4.78, 5) is 14.4. The number of aromatic nitrogens is 6. The Bertz CT molecular complexity index is 434. The van der Waals surface area contributed by atoms with Crippen LogP contribution in [0.5, 0.6) is 0 Å². The lowest BCUT2D eigenvalue weighted by molar-refractivity contribution is -0.108. The van der Waals surface area contributed by atoms with Crippen LogP contribution in [0.15, 0.2) is 12.5 Å². The van der Waals surface area contributed by atoms with Crippen LogP contribution in [-0.4, -0.2) is 42.5 Å². The highest BCUT2D eigenvalue weighted by Crippen LogP contribution is 2.02. The van der Waals surface area contributed by atoms with E-state index >= 15 is 0 Å². The molecule has 0 aliphatic heterocycles. The number of nitrogens with two attached hydrogens (primary N) is 1. The number of hydrogen-bond acceptors (Lipinski definition) is 6. The number of tetrazole rings is 1. The van der Waals surface area contributed by atoms with Crippen molar-refractivity contribution >= 4 is 6.29 Å². The molecule has 1 atom stereocenters. The molecule has 8 heteroatoms. The average molecular weight is 207 g/mol. The third kappa shape index (κ3) is 2.05. The molecule has 78 valence electrons. The fourth-order valence-electron chi connectivity index (χ4n) is 1.13. The van der Waals surface area contributed by atoms with Gasteiger partial charge < -0.3 is 10.5 Å². The van der Waals surface area contributed by atoms with E-state index in [9.17, 15) is 4.79 Å². The highest BCUT2D eigenvalue weighted by atomic mass is 16.1. The standard InChI is InChI=1S/C7H9N7O/c8-5(3-15)1-6-2-14(4-9-6)7-10-12-13-11-7/h2-5H,1,8H2,(H,10,11,12,13)/t5-/m0/s1. The van der Waals surface area contributed by atoms with E-state index in [1.807, 2.05) is 0 Å². The van der Waals surface area contributed by atoms with Crippen molar-refractivity contribution in [1.29, 1.82) is 0 Å². The van der Waals surface area contributed by atoms with Gasteiger partial charge in [0.25, 0.3) is 5.95 Å². The Labute approximate surface area is 84.5 Å². The second-order valence-electron chi connectivity index (χ2n) is 2.99. The zero-order valence-electron chi connectivity index (χ0n) is 7.74. The molecule has 2 aromatic rings. The van der Waals surface area contributed by atoms with Crippen LogP contribution < -0.4 is 5.73 Å². The van der Waals surface area contributed by atoms with Gasteiger partial charge in [0.15, 0.2) is 0 Å². The summed E-state index contributed by atoms with van der Waals surface area (Å²) in [6.45, 7) is 0. The Morgan fingerprint density at radius 3 is 3.20 bits per heavy atom. The van der Waals surface area contributed by atoms with Crippen molar-refractivity contribution in [3.63, 3.8) is 0 Å². The third-order valence-corrected chi connectivity index (χ3v) is 1.82. The normalized spacial score (nSPS) is 12.6. The molecule has 0 saturated carbocycles. The molecule has 0 aliphatic rings. The number of H-pyrrole nitrogens is 1. The molecule has 0 saturated heterocycles. The van der Waals surface area contributed by atoms with Crippen LogP contribution in [0.2, 0.25) is 0 Å². The molecule has 8 nitrogen and oxygen atoms in total. The summed E-state index contributed by atoms with van der Waals surface area (Å²) in [5.41, 5.74) is 6.17. The van der Waals surface area contributed by atoms with Crippen LogP contribution in [0, 0.1) is 0 Å². The van der Waals surface area contributed by atoms with E-state index in [-0.39, 0.29) is 0 Å². The quantitative estimate of drug-likeness (QED) is 0.586. The van der Waals surface area contributed by atoms with Gasteiger partial charge in [-0.05, 0) is 5.21 Å². The van der Waals surface area contributed by atoms with Gasteiger partial charge in [0.05, 0.1) is 11.7 Å². The van der Waals surface area contributed by atoms with Crippen LogP contribution in [0.25, 0.3) is 5.95 Å². The molecule has 3 N–H and O–H groups in total. The Morgan fingerprint density at radius 2 is 2.53 bits per heavy atom. The number of aromatic amines is 1. The summed E-state index contributed by atoms with van der Waals surface area (Å²) in [7, 11) is 0. The van der Waals surface area contributed by atoms with Crippen molar-refractivity contribution in [1.82, 2.24) is 30.2 Å². The first-order chi connectivity index (χ1) is 7.29. The van der Waals surface area contributed by atoms with Crippen molar-refractivity contribution in [3.05, 3.63) is 18.2 Å². The first-order valence-electron chi connectivity index (χ1n) is 4.27. The lowest BCUT2D eigenvalue weighted by atomic mass is 10.2. The van der Waals surface area contributed by atoms with Crippen molar-refractivity contribution in [3.8, 4) is 5.95 Å². The van der Waals surface area contributed by atoms with E-state index in [2.05, 4.69) is 25.6 Å². The maximum absolute atomic E-state index is 10.3. The van der Waals surface area contributed by atoms with E-state index in [4.69, 9.17) is 5.73 Å². The number of nitrogens with one attached hydrogen (secondary N) is 1. The highest BCUT2D eigenvalue weighted by Gasteiger charge is 2.07. The predicted octanol–water partition coefficient (Wildman–Crippen LogP) is -1.55. The maximum atomic E-state index is 10.3. The van der Waals surface area contributed by atoms with Crippen LogP contribution in [0.4, 0.5) is 0 Å². The summed E-state index contributed by atoms with van der Waals surface area (Å²) in [6.07, 6.45) is 4.33. The van der Waals surface area contributed by atoms with Crippen LogP contribution in [0.3, 0.4) is 0 Å². The van der Waals surface area contributed by atoms with E-state index in [1.165, 1.54) is 6.33 Å². The van der Waals surface area contributed by atoms with Crippen LogP contribution >= 0.6 is 0 Å². The van der Waals surface area contributed by atoms with Gasteiger partial charge >= 0.3 is 0 Å². The molecule has 0 amide bonds. The highest BCUT2D eigenvalue weighted by molar-refractivity contribution is 5.57. The number of imidazole rings is 1. The molecular formula is C7H9N7O. The Morgan fingerprint density at radius 1 is 1.67 bits per heavy atom. The summed E-state index contributed by atoms with van der Waals surface area (Å²) < 4.78 is 1.59. The van der Waals surface area contributed by atoms with Gasteiger partial charge in [-0.15, -0.1) is 5.10 Å². The fraction of sp³-hybridized carbons (Fsp3) is 0.286. The molecule has 2 heterocycles. The summed E-state index contributed by atoms with van der Waals surface area (Å²) in [5, 5.41) is 13.3. The molecule has 0 aliphatic carbocycles. The average Bonchev–Trinajstić information content (AvgIpc) is 2.85. The number of rotatable bonds is 4. The molecule has 15 heavy (non-hydrogen) atoms. The van der Waals surface area contributed by atoms with Gasteiger partial charge in [-0.25, -0.2) is 4.98 Å². The molecule has 0 aromatic carbocycles. The second-order valence-corrected chi connectivity index (χ2v) is 2.99. The summed E-state index contributed by atoms with van der Waals surface area (Å²) in [5.74, 6) is 0.397. The SMILES string of the molecule is N[C@H](C=O)Cc1cn(-c2nn[nH]n2)cn1. The smallest absolute Gasteiger partial charge is 0.275 e. The first-order valence-corrected chi connectivity index (χ1v) is 4.27. The van der Waals surface area contributed by atoms with E-state index < -0.39 is 6.04 Å². The molecule has 0 unspecified atom stereocenters. The monoisotopic (exact) mass is 207 g/mol. The van der Waals surface area contributed by atoms with Gasteiger partial charge in [0, 0.05) is 12.6 Å². The van der Waals surface area contributed by atoms with E-state index in [0.717, 1.165) is 0 Å². The Hall–Kier alpha value is -2.09. The summed E-state index contributed by atoms with van der Waals surface area (Å²) >= 11 is 0. The number of nitrogens with zero attached hydrogens (tertiary/aromatic N) is 5. The molecule has 2 rings (SSSR count). The third-order valence-electron chi connectivity index (χ3n) is 1.82. The minimum absolute atomic E-state index is 0.397. The predicted molar refractivity (Wildman–Crippen MR) is 49.0 cm³/mol. The van der Waals surface area contributed by atoms with Crippen molar-refractivity contribution in [2.24, 2.45) is 5.73 Å². The molecule has 0 fully saturated rings. The minimum atomic E-state index is -0.529. The lowest BCUT2D eigenvalue weighted by Crippen LogP contribution is -2.24. The molecule has 0 spiro atoms. The topological polar surface area (TPSA) is 115 Å².